The standard InChI is InChI=1S/C17H18ClNO3S2/c1-19(15-7-9-16(10-8-15)24(2,21)22)17(20)12-23-11-13-3-5-14(18)6-4-13/h3-10H,11-12H2,1-2H3. The fraction of sp³-hybridized carbons (Fsp3) is 0.235. The van der Waals surface area contributed by atoms with Crippen LogP contribution in [-0.2, 0) is 20.4 Å². The number of hydrogen-bond donors (Lipinski definition) is 0. The van der Waals surface area contributed by atoms with Crippen LogP contribution in [-0.4, -0.2) is 33.4 Å². The average molecular weight is 384 g/mol. The van der Waals surface area contributed by atoms with Crippen LogP contribution in [0.25, 0.3) is 0 Å². The van der Waals surface area contributed by atoms with Crippen molar-refractivity contribution in [3.63, 3.8) is 0 Å². The number of hydrogen-bond acceptors (Lipinski definition) is 4. The summed E-state index contributed by atoms with van der Waals surface area (Å²) in [5.74, 6) is 1.03. The van der Waals surface area contributed by atoms with Crippen LogP contribution in [0.1, 0.15) is 5.56 Å². The third-order valence-electron chi connectivity index (χ3n) is 3.43. The van der Waals surface area contributed by atoms with E-state index in [0.717, 1.165) is 17.6 Å². The van der Waals surface area contributed by atoms with E-state index in [-0.39, 0.29) is 10.8 Å². The van der Waals surface area contributed by atoms with Gasteiger partial charge >= 0.3 is 0 Å². The molecule has 0 atom stereocenters. The molecule has 0 heterocycles. The van der Waals surface area contributed by atoms with Crippen LogP contribution in [0.3, 0.4) is 0 Å². The van der Waals surface area contributed by atoms with Crippen molar-refractivity contribution < 1.29 is 13.2 Å². The van der Waals surface area contributed by atoms with Gasteiger partial charge in [0.05, 0.1) is 10.6 Å². The molecule has 24 heavy (non-hydrogen) atoms. The van der Waals surface area contributed by atoms with Crippen LogP contribution in [0, 0.1) is 0 Å². The summed E-state index contributed by atoms with van der Waals surface area (Å²) in [4.78, 5) is 14.0. The SMILES string of the molecule is CN(C(=O)CSCc1ccc(Cl)cc1)c1ccc(S(C)(=O)=O)cc1. The van der Waals surface area contributed by atoms with E-state index < -0.39 is 9.84 Å². The Hall–Kier alpha value is -1.50. The molecule has 128 valence electrons. The molecule has 0 spiro atoms. The lowest BCUT2D eigenvalue weighted by molar-refractivity contribution is -0.115. The van der Waals surface area contributed by atoms with Gasteiger partial charge in [0.25, 0.3) is 0 Å². The number of anilines is 1. The molecule has 2 aromatic carbocycles. The Morgan fingerprint density at radius 3 is 2.21 bits per heavy atom. The second-order valence-corrected chi connectivity index (χ2v) is 8.78. The van der Waals surface area contributed by atoms with Gasteiger partial charge in [-0.05, 0) is 42.0 Å². The highest BCUT2D eigenvalue weighted by atomic mass is 35.5. The smallest absolute Gasteiger partial charge is 0.236 e. The molecular formula is C17H18ClNO3S2. The lowest BCUT2D eigenvalue weighted by Gasteiger charge is -2.17. The number of nitrogens with zero attached hydrogens (tertiary/aromatic N) is 1. The number of halogens is 1. The van der Waals surface area contributed by atoms with E-state index in [1.54, 1.807) is 19.2 Å². The minimum atomic E-state index is -3.23. The van der Waals surface area contributed by atoms with Crippen molar-refractivity contribution in [3.05, 3.63) is 59.1 Å². The summed E-state index contributed by atoms with van der Waals surface area (Å²) in [6.45, 7) is 0. The first-order valence-corrected chi connectivity index (χ1v) is 10.6. The van der Waals surface area contributed by atoms with Crippen molar-refractivity contribution in [2.75, 3.05) is 24.0 Å². The summed E-state index contributed by atoms with van der Waals surface area (Å²) in [7, 11) is -1.55. The van der Waals surface area contributed by atoms with E-state index in [0.29, 0.717) is 16.5 Å². The van der Waals surface area contributed by atoms with E-state index in [2.05, 4.69) is 0 Å². The lowest BCUT2D eigenvalue weighted by Crippen LogP contribution is -2.27. The van der Waals surface area contributed by atoms with Crippen molar-refractivity contribution in [1.29, 1.82) is 0 Å². The minimum Gasteiger partial charge on any atom is -0.315 e. The maximum atomic E-state index is 12.2. The molecular weight excluding hydrogens is 366 g/mol. The second-order valence-electron chi connectivity index (χ2n) is 5.34. The fourth-order valence-corrected chi connectivity index (χ4v) is 3.65. The molecule has 1 amide bonds. The monoisotopic (exact) mass is 383 g/mol. The number of rotatable bonds is 6. The molecule has 2 rings (SSSR count). The predicted molar refractivity (Wildman–Crippen MR) is 101 cm³/mol. The van der Waals surface area contributed by atoms with E-state index in [1.165, 1.54) is 28.8 Å². The van der Waals surface area contributed by atoms with E-state index in [1.807, 2.05) is 24.3 Å². The zero-order chi connectivity index (χ0) is 17.7. The van der Waals surface area contributed by atoms with Crippen LogP contribution in [0.4, 0.5) is 5.69 Å². The van der Waals surface area contributed by atoms with Crippen molar-refractivity contribution in [2.45, 2.75) is 10.6 Å². The second kappa shape index (κ2) is 8.05. The Morgan fingerprint density at radius 2 is 1.67 bits per heavy atom. The van der Waals surface area contributed by atoms with Crippen molar-refractivity contribution in [1.82, 2.24) is 0 Å². The van der Waals surface area contributed by atoms with Gasteiger partial charge in [-0.1, -0.05) is 23.7 Å². The normalized spacial score (nSPS) is 11.3. The number of carbonyl (C=O) groups excluding carboxylic acids is 1. The molecule has 0 fully saturated rings. The molecule has 0 saturated carbocycles. The summed E-state index contributed by atoms with van der Waals surface area (Å²) >= 11 is 7.36. The third kappa shape index (κ3) is 5.26. The molecule has 0 unspecified atom stereocenters. The fourth-order valence-electron chi connectivity index (χ4n) is 1.99. The summed E-state index contributed by atoms with van der Waals surface area (Å²) in [5.41, 5.74) is 1.77. The Bertz CT molecular complexity index is 803. The summed E-state index contributed by atoms with van der Waals surface area (Å²) in [6, 6.07) is 13.8. The summed E-state index contributed by atoms with van der Waals surface area (Å²) < 4.78 is 22.9. The largest absolute Gasteiger partial charge is 0.315 e. The van der Waals surface area contributed by atoms with E-state index in [4.69, 9.17) is 11.6 Å². The Morgan fingerprint density at radius 1 is 1.08 bits per heavy atom. The topological polar surface area (TPSA) is 54.5 Å². The number of amides is 1. The van der Waals surface area contributed by atoms with E-state index >= 15 is 0 Å². The van der Waals surface area contributed by atoms with Crippen molar-refractivity contribution in [2.24, 2.45) is 0 Å². The van der Waals surface area contributed by atoms with Crippen molar-refractivity contribution >= 4 is 44.8 Å². The Kier molecular flexibility index (Phi) is 6.32. The number of sulfone groups is 1. The van der Waals surface area contributed by atoms with Gasteiger partial charge in [0, 0.05) is 29.8 Å². The number of thioether (sulfide) groups is 1. The quantitative estimate of drug-likeness (QED) is 0.764. The van der Waals surface area contributed by atoms with Gasteiger partial charge in [-0.25, -0.2) is 8.42 Å². The molecule has 0 aliphatic rings. The number of benzene rings is 2. The van der Waals surface area contributed by atoms with Crippen LogP contribution >= 0.6 is 23.4 Å². The molecule has 0 aliphatic carbocycles. The minimum absolute atomic E-state index is 0.0407. The first-order chi connectivity index (χ1) is 11.3. The van der Waals surface area contributed by atoms with Crippen LogP contribution in [0.5, 0.6) is 0 Å². The third-order valence-corrected chi connectivity index (χ3v) is 5.80. The van der Waals surface area contributed by atoms with Gasteiger partial charge in [-0.15, -0.1) is 11.8 Å². The van der Waals surface area contributed by atoms with Gasteiger partial charge in [0.1, 0.15) is 0 Å². The highest BCUT2D eigenvalue weighted by Gasteiger charge is 2.13. The van der Waals surface area contributed by atoms with Crippen LogP contribution in [0.15, 0.2) is 53.4 Å². The molecule has 4 nitrogen and oxygen atoms in total. The molecule has 0 radical (unpaired) electrons. The molecule has 0 aromatic heterocycles. The van der Waals surface area contributed by atoms with Crippen molar-refractivity contribution in [3.8, 4) is 0 Å². The molecule has 0 saturated heterocycles. The molecule has 0 aliphatic heterocycles. The zero-order valence-corrected chi connectivity index (χ0v) is 15.8. The first kappa shape index (κ1) is 18.8. The lowest BCUT2D eigenvalue weighted by atomic mass is 10.2. The molecule has 2 aromatic rings. The first-order valence-electron chi connectivity index (χ1n) is 7.16. The Labute approximate surface area is 151 Å². The highest BCUT2D eigenvalue weighted by Crippen LogP contribution is 2.19. The van der Waals surface area contributed by atoms with Crippen LogP contribution < -0.4 is 4.90 Å². The number of carbonyl (C=O) groups is 1. The average Bonchev–Trinajstić information content (AvgIpc) is 2.55. The van der Waals surface area contributed by atoms with Gasteiger partial charge in [-0.3, -0.25) is 4.79 Å². The van der Waals surface area contributed by atoms with Crippen LogP contribution in [0.2, 0.25) is 5.02 Å². The maximum absolute atomic E-state index is 12.2. The highest BCUT2D eigenvalue weighted by molar-refractivity contribution is 7.99. The summed E-state index contributed by atoms with van der Waals surface area (Å²) in [5, 5.41) is 0.692. The molecule has 0 N–H and O–H groups in total. The van der Waals surface area contributed by atoms with Gasteiger partial charge < -0.3 is 4.90 Å². The van der Waals surface area contributed by atoms with Gasteiger partial charge in [0.15, 0.2) is 9.84 Å². The molecule has 7 heteroatoms. The maximum Gasteiger partial charge on any atom is 0.236 e. The van der Waals surface area contributed by atoms with Gasteiger partial charge in [-0.2, -0.15) is 0 Å². The zero-order valence-electron chi connectivity index (χ0n) is 13.4. The van der Waals surface area contributed by atoms with E-state index in [9.17, 15) is 13.2 Å². The summed E-state index contributed by atoms with van der Waals surface area (Å²) in [6.07, 6.45) is 1.16. The predicted octanol–water partition coefficient (Wildman–Crippen LogP) is 3.64. The van der Waals surface area contributed by atoms with Gasteiger partial charge in [0.2, 0.25) is 5.91 Å². The Balaban J connectivity index is 1.90. The molecule has 0 bridgehead atoms.